The van der Waals surface area contributed by atoms with E-state index in [9.17, 15) is 4.79 Å². The first-order valence-electron chi connectivity index (χ1n) is 10.3. The fraction of sp³-hybridized carbons (Fsp3) is 0.391. The first-order valence-corrected chi connectivity index (χ1v) is 10.3. The van der Waals surface area contributed by atoms with E-state index in [1.54, 1.807) is 19.4 Å². The number of rotatable bonds is 6. The van der Waals surface area contributed by atoms with Gasteiger partial charge in [0.25, 0.3) is 5.91 Å². The predicted octanol–water partition coefficient (Wildman–Crippen LogP) is 4.28. The highest BCUT2D eigenvalue weighted by Crippen LogP contribution is 2.30. The summed E-state index contributed by atoms with van der Waals surface area (Å²) in [4.78, 5) is 17.8. The van der Waals surface area contributed by atoms with E-state index >= 15 is 0 Å². The number of methoxy groups -OCH3 is 1. The van der Waals surface area contributed by atoms with Gasteiger partial charge in [0.15, 0.2) is 0 Å². The molecule has 1 saturated heterocycles. The molecule has 0 spiro atoms. The van der Waals surface area contributed by atoms with E-state index < -0.39 is 0 Å². The van der Waals surface area contributed by atoms with Gasteiger partial charge in [-0.15, -0.1) is 0 Å². The van der Waals surface area contributed by atoms with Crippen LogP contribution in [0.5, 0.6) is 11.5 Å². The molecule has 3 aromatic rings. The number of anilines is 1. The zero-order valence-electron chi connectivity index (χ0n) is 17.6. The summed E-state index contributed by atoms with van der Waals surface area (Å²) in [5, 5.41) is 2.95. The molecular weight excluding hydrogens is 382 g/mol. The van der Waals surface area contributed by atoms with E-state index in [-0.39, 0.29) is 12.0 Å². The Bertz CT molecular complexity index is 1040. The number of carbonyl (C=O) groups is 1. The fourth-order valence-corrected chi connectivity index (χ4v) is 3.68. The molecule has 7 nitrogen and oxygen atoms in total. The van der Waals surface area contributed by atoms with Gasteiger partial charge in [0, 0.05) is 37.6 Å². The van der Waals surface area contributed by atoms with E-state index in [1.807, 2.05) is 48.7 Å². The van der Waals surface area contributed by atoms with Crippen LogP contribution in [-0.2, 0) is 4.74 Å². The van der Waals surface area contributed by atoms with Crippen LogP contribution in [0, 0.1) is 0 Å². The lowest BCUT2D eigenvalue weighted by atomic mass is 9.97. The van der Waals surface area contributed by atoms with Crippen molar-refractivity contribution in [3.8, 4) is 11.5 Å². The topological polar surface area (TPSA) is 74.1 Å². The summed E-state index contributed by atoms with van der Waals surface area (Å²) in [6, 6.07) is 9.20. The Morgan fingerprint density at radius 1 is 1.20 bits per heavy atom. The van der Waals surface area contributed by atoms with E-state index in [2.05, 4.69) is 5.32 Å². The van der Waals surface area contributed by atoms with Crippen molar-refractivity contribution >= 4 is 17.2 Å². The summed E-state index contributed by atoms with van der Waals surface area (Å²) >= 11 is 0. The maximum atomic E-state index is 13.1. The summed E-state index contributed by atoms with van der Waals surface area (Å²) in [5.74, 6) is 1.22. The molecule has 0 radical (unpaired) electrons. The Labute approximate surface area is 176 Å². The Morgan fingerprint density at radius 3 is 2.70 bits per heavy atom. The van der Waals surface area contributed by atoms with Crippen molar-refractivity contribution in [3.05, 3.63) is 54.0 Å². The summed E-state index contributed by atoms with van der Waals surface area (Å²) < 4.78 is 18.6. The van der Waals surface area contributed by atoms with Crippen LogP contribution in [-0.4, -0.2) is 41.7 Å². The van der Waals surface area contributed by atoms with Gasteiger partial charge in [-0.05, 0) is 38.8 Å². The van der Waals surface area contributed by atoms with Crippen LogP contribution >= 0.6 is 0 Å². The fourth-order valence-electron chi connectivity index (χ4n) is 3.68. The van der Waals surface area contributed by atoms with Crippen LogP contribution < -0.4 is 14.8 Å². The second-order valence-corrected chi connectivity index (χ2v) is 7.69. The zero-order chi connectivity index (χ0) is 21.1. The standard InChI is InChI=1S/C23H27N3O4/c1-15(2)30-20-7-5-4-6-18(20)25-23(27)17-13-26-14-19(16-8-10-29-11-9-16)24-22(26)12-21(17)28-3/h4-7,12-16H,8-11H2,1-3H3,(H,25,27). The van der Waals surface area contributed by atoms with Gasteiger partial charge >= 0.3 is 0 Å². The number of aromatic nitrogens is 2. The van der Waals surface area contributed by atoms with Crippen molar-refractivity contribution in [1.82, 2.24) is 9.38 Å². The van der Waals surface area contributed by atoms with Gasteiger partial charge in [-0.1, -0.05) is 12.1 Å². The Morgan fingerprint density at radius 2 is 1.97 bits per heavy atom. The molecule has 1 fully saturated rings. The Hall–Kier alpha value is -3.06. The first kappa shape index (κ1) is 20.2. The van der Waals surface area contributed by atoms with Gasteiger partial charge in [-0.2, -0.15) is 0 Å². The number of hydrogen-bond acceptors (Lipinski definition) is 5. The average Bonchev–Trinajstić information content (AvgIpc) is 3.17. The molecule has 0 aliphatic carbocycles. The third-order valence-electron chi connectivity index (χ3n) is 5.18. The van der Waals surface area contributed by atoms with Crippen molar-refractivity contribution in [2.24, 2.45) is 0 Å². The van der Waals surface area contributed by atoms with Gasteiger partial charge in [0.1, 0.15) is 17.1 Å². The lowest BCUT2D eigenvalue weighted by Crippen LogP contribution is -2.16. The van der Waals surface area contributed by atoms with Crippen LogP contribution in [0.15, 0.2) is 42.7 Å². The highest BCUT2D eigenvalue weighted by molar-refractivity contribution is 6.07. The van der Waals surface area contributed by atoms with Crippen molar-refractivity contribution in [2.45, 2.75) is 38.7 Å². The summed E-state index contributed by atoms with van der Waals surface area (Å²) in [6.45, 7) is 5.41. The third-order valence-corrected chi connectivity index (χ3v) is 5.18. The van der Waals surface area contributed by atoms with E-state index in [1.165, 1.54) is 0 Å². The lowest BCUT2D eigenvalue weighted by molar-refractivity contribution is 0.0846. The molecule has 2 aromatic heterocycles. The maximum absolute atomic E-state index is 13.1. The molecule has 158 valence electrons. The number of benzene rings is 1. The van der Waals surface area contributed by atoms with E-state index in [4.69, 9.17) is 19.2 Å². The number of hydrogen-bond donors (Lipinski definition) is 1. The number of ether oxygens (including phenoxy) is 3. The Kier molecular flexibility index (Phi) is 5.90. The third kappa shape index (κ3) is 4.26. The molecule has 4 rings (SSSR count). The molecule has 0 saturated carbocycles. The predicted molar refractivity (Wildman–Crippen MR) is 115 cm³/mol. The minimum Gasteiger partial charge on any atom is -0.496 e. The van der Waals surface area contributed by atoms with Crippen molar-refractivity contribution in [3.63, 3.8) is 0 Å². The van der Waals surface area contributed by atoms with E-state index in [0.717, 1.165) is 37.4 Å². The molecule has 0 bridgehead atoms. The second kappa shape index (κ2) is 8.75. The van der Waals surface area contributed by atoms with Crippen molar-refractivity contribution in [2.75, 3.05) is 25.6 Å². The van der Waals surface area contributed by atoms with Crippen LogP contribution in [0.4, 0.5) is 5.69 Å². The number of pyridine rings is 1. The zero-order valence-corrected chi connectivity index (χ0v) is 17.6. The molecule has 0 atom stereocenters. The largest absolute Gasteiger partial charge is 0.496 e. The number of amides is 1. The number of para-hydroxylation sites is 2. The van der Waals surface area contributed by atoms with Gasteiger partial charge in [0.05, 0.1) is 30.2 Å². The molecule has 1 aromatic carbocycles. The van der Waals surface area contributed by atoms with Gasteiger partial charge in [-0.25, -0.2) is 4.98 Å². The quantitative estimate of drug-likeness (QED) is 0.658. The van der Waals surface area contributed by atoms with Crippen LogP contribution in [0.25, 0.3) is 5.65 Å². The molecule has 1 aliphatic rings. The first-order chi connectivity index (χ1) is 14.5. The molecule has 3 heterocycles. The van der Waals surface area contributed by atoms with Crippen LogP contribution in [0.1, 0.15) is 48.7 Å². The van der Waals surface area contributed by atoms with Gasteiger partial charge in [0.2, 0.25) is 0 Å². The molecule has 1 N–H and O–H groups in total. The number of fused-ring (bicyclic) bond motifs is 1. The average molecular weight is 409 g/mol. The molecule has 30 heavy (non-hydrogen) atoms. The molecule has 1 amide bonds. The van der Waals surface area contributed by atoms with Gasteiger partial charge < -0.3 is 23.9 Å². The summed E-state index contributed by atoms with van der Waals surface area (Å²) in [7, 11) is 1.56. The number of imidazole rings is 1. The number of carbonyl (C=O) groups excluding carboxylic acids is 1. The monoisotopic (exact) mass is 409 g/mol. The van der Waals surface area contributed by atoms with Crippen LogP contribution in [0.2, 0.25) is 0 Å². The number of nitrogens with zero attached hydrogens (tertiary/aromatic N) is 2. The molecule has 7 heteroatoms. The molecule has 0 unspecified atom stereocenters. The smallest absolute Gasteiger partial charge is 0.261 e. The normalized spacial score (nSPS) is 14.8. The lowest BCUT2D eigenvalue weighted by Gasteiger charge is -2.19. The highest BCUT2D eigenvalue weighted by atomic mass is 16.5. The maximum Gasteiger partial charge on any atom is 0.261 e. The minimum atomic E-state index is -0.269. The SMILES string of the molecule is COc1cc2nc(C3CCOCC3)cn2cc1C(=O)Nc1ccccc1OC(C)C. The second-order valence-electron chi connectivity index (χ2n) is 7.69. The highest BCUT2D eigenvalue weighted by Gasteiger charge is 2.21. The summed E-state index contributed by atoms with van der Waals surface area (Å²) in [5.41, 5.74) is 2.83. The molecular formula is C23H27N3O4. The van der Waals surface area contributed by atoms with Gasteiger partial charge in [-0.3, -0.25) is 4.79 Å². The number of nitrogens with one attached hydrogen (secondary N) is 1. The van der Waals surface area contributed by atoms with Crippen molar-refractivity contribution < 1.29 is 19.0 Å². The molecule has 1 aliphatic heterocycles. The van der Waals surface area contributed by atoms with E-state index in [0.29, 0.717) is 28.7 Å². The minimum absolute atomic E-state index is 0.00324. The summed E-state index contributed by atoms with van der Waals surface area (Å²) in [6.07, 6.45) is 5.69. The van der Waals surface area contributed by atoms with Crippen molar-refractivity contribution in [1.29, 1.82) is 0 Å². The Balaban J connectivity index is 1.63. The van der Waals surface area contributed by atoms with Crippen LogP contribution in [0.3, 0.4) is 0 Å².